The minimum absolute atomic E-state index is 0.125. The number of sulfonamides is 1. The van der Waals surface area contributed by atoms with Gasteiger partial charge in [0, 0.05) is 12.6 Å². The van der Waals surface area contributed by atoms with Gasteiger partial charge < -0.3 is 0 Å². The van der Waals surface area contributed by atoms with E-state index in [0.717, 1.165) is 12.8 Å². The highest BCUT2D eigenvalue weighted by Gasteiger charge is 2.20. The van der Waals surface area contributed by atoms with Gasteiger partial charge in [0.1, 0.15) is 0 Å². The van der Waals surface area contributed by atoms with Crippen molar-refractivity contribution in [3.05, 3.63) is 0 Å². The van der Waals surface area contributed by atoms with E-state index in [-0.39, 0.29) is 6.04 Å². The zero-order valence-electron chi connectivity index (χ0n) is 8.37. The molecule has 0 radical (unpaired) electrons. The van der Waals surface area contributed by atoms with Crippen LogP contribution in [0.1, 0.15) is 33.6 Å². The van der Waals surface area contributed by atoms with E-state index < -0.39 is 10.0 Å². The molecule has 0 aliphatic heterocycles. The SMILES string of the molecule is CCCN(C(C)CC)S(C)(=O)=O. The molecule has 0 heterocycles. The maximum absolute atomic E-state index is 11.2. The van der Waals surface area contributed by atoms with Crippen molar-refractivity contribution in [3.8, 4) is 0 Å². The van der Waals surface area contributed by atoms with Gasteiger partial charge in [0.25, 0.3) is 0 Å². The van der Waals surface area contributed by atoms with E-state index in [1.54, 1.807) is 4.31 Å². The van der Waals surface area contributed by atoms with Gasteiger partial charge in [-0.15, -0.1) is 0 Å². The molecule has 0 fully saturated rings. The average molecular weight is 193 g/mol. The molecule has 3 nitrogen and oxygen atoms in total. The van der Waals surface area contributed by atoms with Crippen LogP contribution in [0.25, 0.3) is 0 Å². The molecule has 1 unspecified atom stereocenters. The molecule has 0 N–H and O–H groups in total. The van der Waals surface area contributed by atoms with Crippen LogP contribution in [0.5, 0.6) is 0 Å². The maximum Gasteiger partial charge on any atom is 0.211 e. The Morgan fingerprint density at radius 2 is 1.83 bits per heavy atom. The second-order valence-corrected chi connectivity index (χ2v) is 5.07. The van der Waals surface area contributed by atoms with Crippen molar-refractivity contribution in [1.82, 2.24) is 4.31 Å². The summed E-state index contributed by atoms with van der Waals surface area (Å²) < 4.78 is 24.1. The molecule has 0 saturated carbocycles. The fourth-order valence-corrected chi connectivity index (χ4v) is 2.45. The summed E-state index contributed by atoms with van der Waals surface area (Å²) in [4.78, 5) is 0. The molecule has 0 aliphatic rings. The lowest BCUT2D eigenvalue weighted by Gasteiger charge is -2.25. The molecule has 12 heavy (non-hydrogen) atoms. The minimum atomic E-state index is -3.01. The molecule has 1 atom stereocenters. The largest absolute Gasteiger partial charge is 0.212 e. The Balaban J connectivity index is 4.44. The molecule has 0 bridgehead atoms. The standard InChI is InChI=1S/C8H19NO2S/c1-5-7-9(8(3)6-2)12(4,10)11/h8H,5-7H2,1-4H3. The minimum Gasteiger partial charge on any atom is -0.212 e. The lowest BCUT2D eigenvalue weighted by Crippen LogP contribution is -2.37. The van der Waals surface area contributed by atoms with E-state index in [1.807, 2.05) is 20.8 Å². The molecule has 0 aromatic rings. The Kier molecular flexibility index (Phi) is 4.78. The lowest BCUT2D eigenvalue weighted by molar-refractivity contribution is 0.332. The Morgan fingerprint density at radius 3 is 2.08 bits per heavy atom. The molecular formula is C8H19NO2S. The van der Waals surface area contributed by atoms with E-state index in [1.165, 1.54) is 6.26 Å². The zero-order valence-corrected chi connectivity index (χ0v) is 9.19. The molecule has 74 valence electrons. The predicted molar refractivity (Wildman–Crippen MR) is 51.6 cm³/mol. The van der Waals surface area contributed by atoms with E-state index in [0.29, 0.717) is 6.54 Å². The first-order valence-corrected chi connectivity index (χ1v) is 6.25. The van der Waals surface area contributed by atoms with Crippen molar-refractivity contribution >= 4 is 10.0 Å². The van der Waals surface area contributed by atoms with E-state index in [9.17, 15) is 8.42 Å². The molecule has 0 amide bonds. The third kappa shape index (κ3) is 3.54. The van der Waals surface area contributed by atoms with Crippen LogP contribution in [0.4, 0.5) is 0 Å². The third-order valence-corrected chi connectivity index (χ3v) is 3.35. The monoisotopic (exact) mass is 193 g/mol. The van der Waals surface area contributed by atoms with Crippen LogP contribution < -0.4 is 0 Å². The van der Waals surface area contributed by atoms with Crippen molar-refractivity contribution in [1.29, 1.82) is 0 Å². The van der Waals surface area contributed by atoms with Gasteiger partial charge in [0.2, 0.25) is 10.0 Å². The first-order chi connectivity index (χ1) is 5.43. The topological polar surface area (TPSA) is 37.4 Å². The summed E-state index contributed by atoms with van der Waals surface area (Å²) >= 11 is 0. The summed E-state index contributed by atoms with van der Waals surface area (Å²) in [5.74, 6) is 0. The summed E-state index contributed by atoms with van der Waals surface area (Å²) in [7, 11) is -3.01. The van der Waals surface area contributed by atoms with E-state index in [2.05, 4.69) is 0 Å². The van der Waals surface area contributed by atoms with Gasteiger partial charge in [0.05, 0.1) is 6.26 Å². The second kappa shape index (κ2) is 4.82. The van der Waals surface area contributed by atoms with Gasteiger partial charge in [-0.05, 0) is 19.8 Å². The average Bonchev–Trinajstić information content (AvgIpc) is 1.96. The lowest BCUT2D eigenvalue weighted by atomic mass is 10.2. The van der Waals surface area contributed by atoms with Gasteiger partial charge in [-0.1, -0.05) is 13.8 Å². The van der Waals surface area contributed by atoms with Crippen molar-refractivity contribution in [2.24, 2.45) is 0 Å². The molecule has 0 spiro atoms. The summed E-state index contributed by atoms with van der Waals surface area (Å²) in [5.41, 5.74) is 0. The molecule has 0 aromatic carbocycles. The molecular weight excluding hydrogens is 174 g/mol. The van der Waals surface area contributed by atoms with Crippen LogP contribution in [0.15, 0.2) is 0 Å². The van der Waals surface area contributed by atoms with Crippen molar-refractivity contribution in [2.75, 3.05) is 12.8 Å². The van der Waals surface area contributed by atoms with E-state index >= 15 is 0 Å². The fraction of sp³-hybridized carbons (Fsp3) is 1.00. The first-order valence-electron chi connectivity index (χ1n) is 4.40. The summed E-state index contributed by atoms with van der Waals surface area (Å²) in [5, 5.41) is 0. The van der Waals surface area contributed by atoms with Gasteiger partial charge in [-0.3, -0.25) is 0 Å². The number of nitrogens with zero attached hydrogens (tertiary/aromatic N) is 1. The Morgan fingerprint density at radius 1 is 1.33 bits per heavy atom. The van der Waals surface area contributed by atoms with Crippen molar-refractivity contribution < 1.29 is 8.42 Å². The summed E-state index contributed by atoms with van der Waals surface area (Å²) in [6, 6.07) is 0.125. The highest BCUT2D eigenvalue weighted by molar-refractivity contribution is 7.88. The molecule has 4 heteroatoms. The van der Waals surface area contributed by atoms with Crippen LogP contribution >= 0.6 is 0 Å². The van der Waals surface area contributed by atoms with Gasteiger partial charge >= 0.3 is 0 Å². The van der Waals surface area contributed by atoms with Gasteiger partial charge in [-0.25, -0.2) is 8.42 Å². The number of hydrogen-bond donors (Lipinski definition) is 0. The van der Waals surface area contributed by atoms with Gasteiger partial charge in [-0.2, -0.15) is 4.31 Å². The van der Waals surface area contributed by atoms with Gasteiger partial charge in [0.15, 0.2) is 0 Å². The molecule has 0 saturated heterocycles. The van der Waals surface area contributed by atoms with E-state index in [4.69, 9.17) is 0 Å². The van der Waals surface area contributed by atoms with Crippen molar-refractivity contribution in [2.45, 2.75) is 39.7 Å². The molecule has 0 aliphatic carbocycles. The first kappa shape index (κ1) is 11.9. The zero-order chi connectivity index (χ0) is 9.78. The van der Waals surface area contributed by atoms with Crippen LogP contribution in [0, 0.1) is 0 Å². The maximum atomic E-state index is 11.2. The third-order valence-electron chi connectivity index (χ3n) is 1.95. The van der Waals surface area contributed by atoms with Crippen molar-refractivity contribution in [3.63, 3.8) is 0 Å². The van der Waals surface area contributed by atoms with Crippen LogP contribution in [0.3, 0.4) is 0 Å². The molecule has 0 rings (SSSR count). The Hall–Kier alpha value is -0.0900. The smallest absolute Gasteiger partial charge is 0.211 e. The number of hydrogen-bond acceptors (Lipinski definition) is 2. The quantitative estimate of drug-likeness (QED) is 0.663. The summed E-state index contributed by atoms with van der Waals surface area (Å²) in [6.45, 7) is 6.56. The highest BCUT2D eigenvalue weighted by Crippen LogP contribution is 2.08. The normalized spacial score (nSPS) is 15.1. The summed E-state index contributed by atoms with van der Waals surface area (Å²) in [6.07, 6.45) is 3.01. The predicted octanol–water partition coefficient (Wildman–Crippen LogP) is 1.46. The second-order valence-electron chi connectivity index (χ2n) is 3.13. The Bertz CT molecular complexity index is 211. The van der Waals surface area contributed by atoms with Crippen LogP contribution in [-0.4, -0.2) is 31.6 Å². The highest BCUT2D eigenvalue weighted by atomic mass is 32.2. The number of rotatable bonds is 5. The Labute approximate surface area is 75.8 Å². The fourth-order valence-electron chi connectivity index (χ4n) is 1.14. The van der Waals surface area contributed by atoms with Crippen LogP contribution in [-0.2, 0) is 10.0 Å². The molecule has 0 aromatic heterocycles. The van der Waals surface area contributed by atoms with Crippen LogP contribution in [0.2, 0.25) is 0 Å².